The number of hydrogen-bond acceptors (Lipinski definition) is 5. The van der Waals surface area contributed by atoms with E-state index in [0.29, 0.717) is 0 Å². The van der Waals surface area contributed by atoms with Crippen molar-refractivity contribution in [3.8, 4) is 0 Å². The molecule has 0 bridgehead atoms. The maximum absolute atomic E-state index is 11.9. The fourth-order valence-corrected chi connectivity index (χ4v) is 1.11. The summed E-state index contributed by atoms with van der Waals surface area (Å²) in [6, 6.07) is -0.891. The van der Waals surface area contributed by atoms with E-state index < -0.39 is 29.0 Å². The van der Waals surface area contributed by atoms with Crippen LogP contribution in [0.1, 0.15) is 41.5 Å². The zero-order chi connectivity index (χ0) is 14.0. The fraction of sp³-hybridized carbons (Fsp3) is 0.833. The molecule has 2 atom stereocenters. The summed E-state index contributed by atoms with van der Waals surface area (Å²) in [4.78, 5) is 23.6. The van der Waals surface area contributed by atoms with Crippen LogP contribution in [0.2, 0.25) is 0 Å². The second-order valence-corrected chi connectivity index (χ2v) is 5.71. The van der Waals surface area contributed by atoms with Gasteiger partial charge in [0, 0.05) is 0 Å². The molecule has 0 fully saturated rings. The molecule has 0 aliphatic rings. The molecule has 0 rings (SSSR count). The normalized spacial score (nSPS) is 17.5. The summed E-state index contributed by atoms with van der Waals surface area (Å²) in [6.45, 7) is 9.59. The van der Waals surface area contributed by atoms with Crippen LogP contribution in [0.3, 0.4) is 0 Å². The zero-order valence-corrected chi connectivity index (χ0v) is 11.4. The number of ketones is 1. The summed E-state index contributed by atoms with van der Waals surface area (Å²) in [5, 5.41) is 9.93. The van der Waals surface area contributed by atoms with Crippen molar-refractivity contribution in [2.75, 3.05) is 0 Å². The molecule has 0 unspecified atom stereocenters. The molecule has 0 saturated heterocycles. The number of Topliss-reactive ketones (excluding diaryl/α,β-unsaturated/α-hetero) is 1. The van der Waals surface area contributed by atoms with Crippen molar-refractivity contribution < 1.29 is 19.4 Å². The third kappa shape index (κ3) is 4.44. The molecular formula is C12H23NO4. The van der Waals surface area contributed by atoms with E-state index in [2.05, 4.69) is 0 Å². The van der Waals surface area contributed by atoms with Crippen LogP contribution < -0.4 is 5.73 Å². The molecule has 17 heavy (non-hydrogen) atoms. The Kier molecular flexibility index (Phi) is 4.86. The van der Waals surface area contributed by atoms with Gasteiger partial charge in [0.25, 0.3) is 0 Å². The number of nitrogens with two attached hydrogens (primary N) is 1. The Morgan fingerprint density at radius 3 is 1.88 bits per heavy atom. The summed E-state index contributed by atoms with van der Waals surface area (Å²) in [5.74, 6) is -1.84. The summed E-state index contributed by atoms with van der Waals surface area (Å²) in [7, 11) is 0. The predicted octanol–water partition coefficient (Wildman–Crippen LogP) is 0.631. The highest BCUT2D eigenvalue weighted by molar-refractivity contribution is 6.08. The Hall–Kier alpha value is -0.940. The highest BCUT2D eigenvalue weighted by Crippen LogP contribution is 2.18. The summed E-state index contributed by atoms with van der Waals surface area (Å²) in [5.41, 5.74) is 2.67. The average molecular weight is 245 g/mol. The van der Waals surface area contributed by atoms with E-state index in [9.17, 15) is 14.7 Å². The molecule has 0 aromatic carbocycles. The molecular weight excluding hydrogens is 222 g/mol. The van der Waals surface area contributed by atoms with Crippen LogP contribution in [0.15, 0.2) is 0 Å². The van der Waals surface area contributed by atoms with E-state index in [0.717, 1.165) is 6.92 Å². The number of hydrogen-bond donors (Lipinski definition) is 2. The molecule has 0 aliphatic heterocycles. The lowest BCUT2D eigenvalue weighted by molar-refractivity contribution is -0.178. The molecule has 3 N–H and O–H groups in total. The Morgan fingerprint density at radius 1 is 1.18 bits per heavy atom. The van der Waals surface area contributed by atoms with Gasteiger partial charge in [-0.2, -0.15) is 0 Å². The molecule has 0 radical (unpaired) electrons. The van der Waals surface area contributed by atoms with Crippen molar-refractivity contribution in [1.29, 1.82) is 0 Å². The van der Waals surface area contributed by atoms with Gasteiger partial charge in [0.1, 0.15) is 5.60 Å². The van der Waals surface area contributed by atoms with Crippen molar-refractivity contribution in [3.05, 3.63) is 0 Å². The van der Waals surface area contributed by atoms with E-state index in [1.54, 1.807) is 34.6 Å². The highest BCUT2D eigenvalue weighted by atomic mass is 16.6. The first kappa shape index (κ1) is 16.1. The molecule has 0 spiro atoms. The van der Waals surface area contributed by atoms with Crippen molar-refractivity contribution in [1.82, 2.24) is 0 Å². The topological polar surface area (TPSA) is 89.6 Å². The van der Waals surface area contributed by atoms with E-state index >= 15 is 0 Å². The van der Waals surface area contributed by atoms with Gasteiger partial charge >= 0.3 is 5.97 Å². The van der Waals surface area contributed by atoms with Crippen LogP contribution in [0.4, 0.5) is 0 Å². The van der Waals surface area contributed by atoms with Crippen molar-refractivity contribution in [2.24, 2.45) is 11.7 Å². The quantitative estimate of drug-likeness (QED) is 0.560. The molecule has 0 amide bonds. The minimum Gasteiger partial charge on any atom is -0.457 e. The number of aliphatic hydroxyl groups is 1. The number of carbonyl (C=O) groups is 2. The first-order valence-electron chi connectivity index (χ1n) is 5.65. The number of esters is 1. The van der Waals surface area contributed by atoms with Gasteiger partial charge in [-0.1, -0.05) is 13.8 Å². The summed E-state index contributed by atoms with van der Waals surface area (Å²) >= 11 is 0. The molecule has 0 aromatic heterocycles. The smallest absolute Gasteiger partial charge is 0.346 e. The van der Waals surface area contributed by atoms with Gasteiger partial charge in [-0.25, -0.2) is 4.79 Å². The van der Waals surface area contributed by atoms with Crippen LogP contribution in [0.25, 0.3) is 0 Å². The van der Waals surface area contributed by atoms with Crippen molar-refractivity contribution in [3.63, 3.8) is 0 Å². The first-order chi connectivity index (χ1) is 7.39. The van der Waals surface area contributed by atoms with Gasteiger partial charge in [-0.05, 0) is 33.6 Å². The lowest BCUT2D eigenvalue weighted by atomic mass is 9.89. The van der Waals surface area contributed by atoms with Crippen LogP contribution in [-0.2, 0) is 14.3 Å². The third-order valence-electron chi connectivity index (χ3n) is 2.30. The molecule has 0 heterocycles. The molecule has 0 saturated carbocycles. The lowest BCUT2D eigenvalue weighted by Gasteiger charge is -2.29. The van der Waals surface area contributed by atoms with Gasteiger partial charge in [-0.3, -0.25) is 4.79 Å². The maximum atomic E-state index is 11.9. The average Bonchev–Trinajstić information content (AvgIpc) is 2.12. The van der Waals surface area contributed by atoms with E-state index in [1.807, 2.05) is 0 Å². The van der Waals surface area contributed by atoms with Crippen LogP contribution in [0.5, 0.6) is 0 Å². The van der Waals surface area contributed by atoms with Crippen molar-refractivity contribution in [2.45, 2.75) is 58.8 Å². The van der Waals surface area contributed by atoms with Gasteiger partial charge in [-0.15, -0.1) is 0 Å². The van der Waals surface area contributed by atoms with Crippen molar-refractivity contribution >= 4 is 11.8 Å². The maximum Gasteiger partial charge on any atom is 0.346 e. The second kappa shape index (κ2) is 5.14. The largest absolute Gasteiger partial charge is 0.457 e. The van der Waals surface area contributed by atoms with E-state index in [-0.39, 0.29) is 5.92 Å². The molecule has 100 valence electrons. The predicted molar refractivity (Wildman–Crippen MR) is 64.3 cm³/mol. The van der Waals surface area contributed by atoms with E-state index in [1.165, 1.54) is 0 Å². The van der Waals surface area contributed by atoms with Crippen LogP contribution in [-0.4, -0.2) is 34.1 Å². The highest BCUT2D eigenvalue weighted by Gasteiger charge is 2.44. The SMILES string of the molecule is CC(C)[C@H](N)C(=O)[C@@](C)(O)C(=O)OC(C)(C)C. The number of ether oxygens (including phenoxy) is 1. The minimum atomic E-state index is -2.20. The van der Waals surface area contributed by atoms with Crippen LogP contribution in [0, 0.1) is 5.92 Å². The molecule has 5 heteroatoms. The third-order valence-corrected chi connectivity index (χ3v) is 2.30. The fourth-order valence-electron chi connectivity index (χ4n) is 1.11. The summed E-state index contributed by atoms with van der Waals surface area (Å²) in [6.07, 6.45) is 0. The Morgan fingerprint density at radius 2 is 1.59 bits per heavy atom. The first-order valence-corrected chi connectivity index (χ1v) is 5.65. The minimum absolute atomic E-state index is 0.156. The van der Waals surface area contributed by atoms with Gasteiger partial charge < -0.3 is 15.6 Å². The van der Waals surface area contributed by atoms with Gasteiger partial charge in [0.05, 0.1) is 6.04 Å². The standard InChI is InChI=1S/C12H23NO4/c1-7(2)8(13)9(14)12(6,16)10(15)17-11(3,4)5/h7-8,16H,13H2,1-6H3/t8-,12+/m0/s1. The molecule has 5 nitrogen and oxygen atoms in total. The molecule has 0 aliphatic carbocycles. The molecule has 0 aromatic rings. The number of carbonyl (C=O) groups excluding carboxylic acids is 2. The zero-order valence-electron chi connectivity index (χ0n) is 11.4. The number of rotatable bonds is 4. The van der Waals surface area contributed by atoms with E-state index in [4.69, 9.17) is 10.5 Å². The Labute approximate surface area is 102 Å². The van der Waals surface area contributed by atoms with Crippen LogP contribution >= 0.6 is 0 Å². The summed E-state index contributed by atoms with van der Waals surface area (Å²) < 4.78 is 4.99. The van der Waals surface area contributed by atoms with Gasteiger partial charge in [0.2, 0.25) is 5.60 Å². The monoisotopic (exact) mass is 245 g/mol. The second-order valence-electron chi connectivity index (χ2n) is 5.71. The van der Waals surface area contributed by atoms with Gasteiger partial charge in [0.15, 0.2) is 5.78 Å². The Bertz CT molecular complexity index is 302. The Balaban J connectivity index is 4.89. The lowest BCUT2D eigenvalue weighted by Crippen LogP contribution is -2.55.